The third-order valence-corrected chi connectivity index (χ3v) is 2.76. The van der Waals surface area contributed by atoms with Crippen LogP contribution in [-0.2, 0) is 0 Å². The molecule has 1 amide bonds. The zero-order chi connectivity index (χ0) is 16.0. The molecule has 0 spiro atoms. The van der Waals surface area contributed by atoms with Crippen molar-refractivity contribution in [2.24, 2.45) is 5.92 Å². The van der Waals surface area contributed by atoms with E-state index in [1.807, 2.05) is 20.8 Å². The van der Waals surface area contributed by atoms with Gasteiger partial charge in [-0.2, -0.15) is 0 Å². The molecule has 0 aromatic heterocycles. The molecule has 0 fully saturated rings. The molecule has 0 heterocycles. The number of carbonyl (C=O) groups is 1. The van der Waals surface area contributed by atoms with Gasteiger partial charge in [0.15, 0.2) is 5.82 Å². The van der Waals surface area contributed by atoms with Gasteiger partial charge in [0, 0.05) is 13.1 Å². The Labute approximate surface area is 122 Å². The number of amides is 1. The molecule has 1 aromatic rings. The number of carbonyl (C=O) groups excluding carboxylic acids is 1. The largest absolute Gasteiger partial charge is 0.383 e. The standard InChI is InChI=1S/C14H20FN3O3/c1-4-5-16-12-6-10(14(19)17-8-9(2)3)13(18(20)21)7-11(12)15/h6-7,9,16H,4-5,8H2,1-3H3,(H,17,19). The van der Waals surface area contributed by atoms with Crippen molar-refractivity contribution in [3.05, 3.63) is 33.6 Å². The molecule has 0 saturated heterocycles. The van der Waals surface area contributed by atoms with Crippen molar-refractivity contribution >= 4 is 17.3 Å². The molecule has 0 radical (unpaired) electrons. The number of nitrogens with one attached hydrogen (secondary N) is 2. The number of nitro benzene ring substituents is 1. The van der Waals surface area contributed by atoms with E-state index in [4.69, 9.17) is 0 Å². The average Bonchev–Trinajstić information content (AvgIpc) is 2.42. The van der Waals surface area contributed by atoms with Crippen molar-refractivity contribution in [1.82, 2.24) is 5.32 Å². The minimum absolute atomic E-state index is 0.0946. The molecular weight excluding hydrogens is 277 g/mol. The van der Waals surface area contributed by atoms with Gasteiger partial charge in [0.2, 0.25) is 0 Å². The van der Waals surface area contributed by atoms with Crippen LogP contribution < -0.4 is 10.6 Å². The van der Waals surface area contributed by atoms with Gasteiger partial charge in [-0.25, -0.2) is 4.39 Å². The van der Waals surface area contributed by atoms with Crippen LogP contribution in [0.2, 0.25) is 0 Å². The summed E-state index contributed by atoms with van der Waals surface area (Å²) in [6.45, 7) is 6.64. The van der Waals surface area contributed by atoms with E-state index in [1.54, 1.807) is 0 Å². The fourth-order valence-electron chi connectivity index (χ4n) is 1.68. The molecule has 7 heteroatoms. The summed E-state index contributed by atoms with van der Waals surface area (Å²) >= 11 is 0. The van der Waals surface area contributed by atoms with E-state index in [2.05, 4.69) is 10.6 Å². The lowest BCUT2D eigenvalue weighted by atomic mass is 10.1. The molecule has 116 valence electrons. The summed E-state index contributed by atoms with van der Waals surface area (Å²) in [5.41, 5.74) is -0.575. The monoisotopic (exact) mass is 297 g/mol. The first-order valence-electron chi connectivity index (χ1n) is 6.86. The summed E-state index contributed by atoms with van der Waals surface area (Å²) in [6, 6.07) is 1.97. The molecule has 0 aliphatic carbocycles. The van der Waals surface area contributed by atoms with Gasteiger partial charge in [-0.05, 0) is 18.4 Å². The van der Waals surface area contributed by atoms with E-state index >= 15 is 0 Å². The lowest BCUT2D eigenvalue weighted by Crippen LogP contribution is -2.28. The Morgan fingerprint density at radius 3 is 2.62 bits per heavy atom. The van der Waals surface area contributed by atoms with Crippen molar-refractivity contribution in [2.45, 2.75) is 27.2 Å². The zero-order valence-electron chi connectivity index (χ0n) is 12.4. The normalized spacial score (nSPS) is 10.5. The van der Waals surface area contributed by atoms with Gasteiger partial charge in [-0.15, -0.1) is 0 Å². The van der Waals surface area contributed by atoms with Crippen LogP contribution in [0.4, 0.5) is 15.8 Å². The van der Waals surface area contributed by atoms with Crippen molar-refractivity contribution in [3.8, 4) is 0 Å². The van der Waals surface area contributed by atoms with Crippen LogP contribution in [0.5, 0.6) is 0 Å². The first-order chi connectivity index (χ1) is 9.86. The van der Waals surface area contributed by atoms with Crippen LogP contribution in [0, 0.1) is 21.8 Å². The van der Waals surface area contributed by atoms with Gasteiger partial charge in [0.25, 0.3) is 11.6 Å². The highest BCUT2D eigenvalue weighted by molar-refractivity contribution is 5.99. The molecule has 0 atom stereocenters. The molecule has 2 N–H and O–H groups in total. The predicted molar refractivity (Wildman–Crippen MR) is 79.0 cm³/mol. The number of anilines is 1. The fourth-order valence-corrected chi connectivity index (χ4v) is 1.68. The van der Waals surface area contributed by atoms with Gasteiger partial charge in [-0.3, -0.25) is 14.9 Å². The molecule has 0 bridgehead atoms. The van der Waals surface area contributed by atoms with Gasteiger partial charge in [0.1, 0.15) is 5.56 Å². The maximum atomic E-state index is 13.8. The van der Waals surface area contributed by atoms with Crippen molar-refractivity contribution in [3.63, 3.8) is 0 Å². The topological polar surface area (TPSA) is 84.3 Å². The second kappa shape index (κ2) is 7.56. The Morgan fingerprint density at radius 2 is 2.10 bits per heavy atom. The Bertz CT molecular complexity index is 532. The highest BCUT2D eigenvalue weighted by atomic mass is 19.1. The second-order valence-corrected chi connectivity index (χ2v) is 5.14. The number of nitrogens with zero attached hydrogens (tertiary/aromatic N) is 1. The van der Waals surface area contributed by atoms with Gasteiger partial charge in [0.05, 0.1) is 16.7 Å². The third-order valence-electron chi connectivity index (χ3n) is 2.76. The summed E-state index contributed by atoms with van der Waals surface area (Å²) in [4.78, 5) is 22.3. The van der Waals surface area contributed by atoms with E-state index in [-0.39, 0.29) is 17.2 Å². The summed E-state index contributed by atoms with van der Waals surface area (Å²) in [6.07, 6.45) is 0.769. The van der Waals surface area contributed by atoms with Crippen LogP contribution in [0.15, 0.2) is 12.1 Å². The predicted octanol–water partition coefficient (Wildman–Crippen LogP) is 2.94. The molecule has 6 nitrogen and oxygen atoms in total. The summed E-state index contributed by atoms with van der Waals surface area (Å²) in [5, 5.41) is 16.4. The molecule has 0 saturated carbocycles. The average molecular weight is 297 g/mol. The number of benzene rings is 1. The molecule has 0 aliphatic heterocycles. The molecule has 0 unspecified atom stereocenters. The molecule has 1 rings (SSSR count). The highest BCUT2D eigenvalue weighted by Gasteiger charge is 2.23. The van der Waals surface area contributed by atoms with E-state index in [0.29, 0.717) is 13.1 Å². The highest BCUT2D eigenvalue weighted by Crippen LogP contribution is 2.26. The van der Waals surface area contributed by atoms with Crippen molar-refractivity contribution in [2.75, 3.05) is 18.4 Å². The number of nitro groups is 1. The van der Waals surface area contributed by atoms with E-state index in [1.165, 1.54) is 6.07 Å². The van der Waals surface area contributed by atoms with E-state index in [0.717, 1.165) is 12.5 Å². The minimum atomic E-state index is -0.753. The third kappa shape index (κ3) is 4.70. The summed E-state index contributed by atoms with van der Waals surface area (Å²) in [7, 11) is 0. The Morgan fingerprint density at radius 1 is 1.43 bits per heavy atom. The van der Waals surface area contributed by atoms with Crippen molar-refractivity contribution < 1.29 is 14.1 Å². The Hall–Kier alpha value is -2.18. The zero-order valence-corrected chi connectivity index (χ0v) is 12.4. The van der Waals surface area contributed by atoms with E-state index < -0.39 is 22.3 Å². The first-order valence-corrected chi connectivity index (χ1v) is 6.86. The molecular formula is C14H20FN3O3. The van der Waals surface area contributed by atoms with E-state index in [9.17, 15) is 19.3 Å². The van der Waals surface area contributed by atoms with Crippen LogP contribution in [0.1, 0.15) is 37.6 Å². The summed E-state index contributed by atoms with van der Waals surface area (Å²) in [5.74, 6) is -1.10. The molecule has 1 aromatic carbocycles. The van der Waals surface area contributed by atoms with Gasteiger partial charge < -0.3 is 10.6 Å². The molecule has 21 heavy (non-hydrogen) atoms. The maximum absolute atomic E-state index is 13.8. The second-order valence-electron chi connectivity index (χ2n) is 5.14. The van der Waals surface area contributed by atoms with Crippen LogP contribution >= 0.6 is 0 Å². The Balaban J connectivity index is 3.13. The summed E-state index contributed by atoms with van der Waals surface area (Å²) < 4.78 is 13.8. The number of halogens is 1. The number of rotatable bonds is 7. The van der Waals surface area contributed by atoms with Crippen LogP contribution in [-0.4, -0.2) is 23.9 Å². The van der Waals surface area contributed by atoms with Crippen LogP contribution in [0.3, 0.4) is 0 Å². The van der Waals surface area contributed by atoms with Gasteiger partial charge in [-0.1, -0.05) is 20.8 Å². The lowest BCUT2D eigenvalue weighted by molar-refractivity contribution is -0.385. The smallest absolute Gasteiger partial charge is 0.285 e. The quantitative estimate of drug-likeness (QED) is 0.598. The van der Waals surface area contributed by atoms with Crippen molar-refractivity contribution in [1.29, 1.82) is 0 Å². The van der Waals surface area contributed by atoms with Crippen LogP contribution in [0.25, 0.3) is 0 Å². The minimum Gasteiger partial charge on any atom is -0.383 e. The first kappa shape index (κ1) is 16.9. The molecule has 0 aliphatic rings. The lowest BCUT2D eigenvalue weighted by Gasteiger charge is -2.11. The van der Waals surface area contributed by atoms with Gasteiger partial charge >= 0.3 is 0 Å². The number of hydrogen-bond donors (Lipinski definition) is 2. The SMILES string of the molecule is CCCNc1cc(C(=O)NCC(C)C)c([N+](=O)[O-])cc1F. The number of hydrogen-bond acceptors (Lipinski definition) is 4. The fraction of sp³-hybridized carbons (Fsp3) is 0.500. The maximum Gasteiger partial charge on any atom is 0.285 e. The Kier molecular flexibility index (Phi) is 6.08.